The predicted octanol–water partition coefficient (Wildman–Crippen LogP) is 7.65. The van der Waals surface area contributed by atoms with Crippen LogP contribution in [0.25, 0.3) is 0 Å². The molecule has 8 nitrogen and oxygen atoms in total. The number of hydrogen-bond donors (Lipinski definition) is 0. The van der Waals surface area contributed by atoms with Gasteiger partial charge in [0, 0.05) is 19.8 Å². The predicted molar refractivity (Wildman–Crippen MR) is 149 cm³/mol. The molecule has 38 heavy (non-hydrogen) atoms. The van der Waals surface area contributed by atoms with Crippen LogP contribution in [-0.2, 0) is 19.1 Å². The molecular formula is C26H24Cl2N2O6S2. The summed E-state index contributed by atoms with van der Waals surface area (Å²) in [7, 11) is 0. The molecule has 0 aromatic heterocycles. The van der Waals surface area contributed by atoms with Crippen LogP contribution in [0, 0.1) is 0 Å². The lowest BCUT2D eigenvalue weighted by Gasteiger charge is -2.34. The van der Waals surface area contributed by atoms with Gasteiger partial charge in [0.1, 0.15) is 11.2 Å². The summed E-state index contributed by atoms with van der Waals surface area (Å²) in [6, 6.07) is 9.33. The largest absolute Gasteiger partial charge is 0.443 e. The first-order chi connectivity index (χ1) is 17.6. The lowest BCUT2D eigenvalue weighted by atomic mass is 10.2. The van der Waals surface area contributed by atoms with E-state index < -0.39 is 35.2 Å². The number of fused-ring (bicyclic) bond motifs is 2. The Morgan fingerprint density at radius 3 is 1.34 bits per heavy atom. The van der Waals surface area contributed by atoms with E-state index in [4.69, 9.17) is 32.7 Å². The van der Waals surface area contributed by atoms with Crippen molar-refractivity contribution >= 4 is 82.1 Å². The van der Waals surface area contributed by atoms with Gasteiger partial charge in [0.25, 0.3) is 11.8 Å². The summed E-state index contributed by atoms with van der Waals surface area (Å²) >= 11 is 14.4. The maximum absolute atomic E-state index is 13.8. The van der Waals surface area contributed by atoms with Crippen molar-refractivity contribution in [2.24, 2.45) is 0 Å². The monoisotopic (exact) mass is 594 g/mol. The van der Waals surface area contributed by atoms with Gasteiger partial charge in [0.05, 0.1) is 21.2 Å². The Hall–Kier alpha value is -2.66. The highest BCUT2D eigenvalue weighted by atomic mass is 35.5. The molecular weight excluding hydrogens is 571 g/mol. The van der Waals surface area contributed by atoms with Crippen molar-refractivity contribution in [1.29, 1.82) is 0 Å². The van der Waals surface area contributed by atoms with Crippen LogP contribution in [0.2, 0.25) is 10.0 Å². The van der Waals surface area contributed by atoms with Gasteiger partial charge in [-0.05, 0) is 77.9 Å². The van der Waals surface area contributed by atoms with Gasteiger partial charge >= 0.3 is 12.2 Å². The van der Waals surface area contributed by atoms with Gasteiger partial charge in [-0.1, -0.05) is 46.7 Å². The Bertz CT molecular complexity index is 1310. The van der Waals surface area contributed by atoms with Gasteiger partial charge in [-0.15, -0.1) is 0 Å². The molecule has 0 unspecified atom stereocenters. The van der Waals surface area contributed by atoms with E-state index in [2.05, 4.69) is 0 Å². The molecule has 200 valence electrons. The Kier molecular flexibility index (Phi) is 7.57. The van der Waals surface area contributed by atoms with Gasteiger partial charge in [0.15, 0.2) is 0 Å². The zero-order valence-electron chi connectivity index (χ0n) is 21.4. The third kappa shape index (κ3) is 5.83. The first-order valence-corrected chi connectivity index (χ1v) is 13.8. The zero-order valence-corrected chi connectivity index (χ0v) is 24.5. The number of nitrogens with zero attached hydrogens (tertiary/aromatic N) is 2. The number of carbonyl (C=O) groups excluding carboxylic acids is 4. The molecule has 0 saturated heterocycles. The molecule has 0 spiro atoms. The average molecular weight is 596 g/mol. The first kappa shape index (κ1) is 28.4. The van der Waals surface area contributed by atoms with E-state index >= 15 is 0 Å². The van der Waals surface area contributed by atoms with Crippen molar-refractivity contribution in [3.63, 3.8) is 0 Å². The summed E-state index contributed by atoms with van der Waals surface area (Å²) in [5.74, 6) is -1.55. The number of halogens is 2. The van der Waals surface area contributed by atoms with E-state index in [0.29, 0.717) is 19.8 Å². The molecule has 4 rings (SSSR count). The van der Waals surface area contributed by atoms with Crippen LogP contribution < -0.4 is 9.80 Å². The second-order valence-electron chi connectivity index (χ2n) is 10.3. The number of anilines is 2. The normalized spacial score (nSPS) is 17.7. The van der Waals surface area contributed by atoms with Crippen molar-refractivity contribution < 1.29 is 28.7 Å². The van der Waals surface area contributed by atoms with Crippen molar-refractivity contribution in [3.8, 4) is 0 Å². The number of thioether (sulfide) groups is 2. The van der Waals surface area contributed by atoms with Crippen LogP contribution in [0.1, 0.15) is 41.5 Å². The third-order valence-electron chi connectivity index (χ3n) is 4.90. The van der Waals surface area contributed by atoms with E-state index in [9.17, 15) is 19.2 Å². The van der Waals surface area contributed by atoms with Crippen LogP contribution in [0.5, 0.6) is 0 Å². The van der Waals surface area contributed by atoms with E-state index in [1.807, 2.05) is 0 Å². The quantitative estimate of drug-likeness (QED) is 0.287. The highest BCUT2D eigenvalue weighted by molar-refractivity contribution is 8.08. The van der Waals surface area contributed by atoms with Crippen molar-refractivity contribution in [1.82, 2.24) is 0 Å². The summed E-state index contributed by atoms with van der Waals surface area (Å²) in [5.41, 5.74) is -1.24. The minimum absolute atomic E-state index is 0.0696. The molecule has 0 aliphatic carbocycles. The van der Waals surface area contributed by atoms with E-state index in [1.165, 1.54) is 12.1 Å². The zero-order chi connectivity index (χ0) is 28.2. The SMILES string of the molecule is CC(C)(C)OC(=O)N1C(=O)C(=C2Sc3cc(Cl)ccc3N(C(=O)OC(C)(C)C)C2=O)Sc2cc(Cl)ccc21. The molecule has 2 aliphatic rings. The van der Waals surface area contributed by atoms with Crippen LogP contribution in [0.3, 0.4) is 0 Å². The molecule has 2 aliphatic heterocycles. The van der Waals surface area contributed by atoms with Gasteiger partial charge < -0.3 is 9.47 Å². The second-order valence-corrected chi connectivity index (χ2v) is 13.3. The Morgan fingerprint density at radius 2 is 1.03 bits per heavy atom. The minimum Gasteiger partial charge on any atom is -0.443 e. The van der Waals surface area contributed by atoms with Crippen molar-refractivity contribution in [3.05, 3.63) is 56.3 Å². The van der Waals surface area contributed by atoms with Gasteiger partial charge in [0.2, 0.25) is 0 Å². The van der Waals surface area contributed by atoms with Crippen LogP contribution >= 0.6 is 46.7 Å². The highest BCUT2D eigenvalue weighted by Gasteiger charge is 2.44. The van der Waals surface area contributed by atoms with Crippen LogP contribution in [0.15, 0.2) is 56.0 Å². The molecule has 0 saturated carbocycles. The summed E-state index contributed by atoms with van der Waals surface area (Å²) in [5, 5.41) is 0.739. The van der Waals surface area contributed by atoms with Gasteiger partial charge in [-0.2, -0.15) is 0 Å². The third-order valence-corrected chi connectivity index (χ3v) is 7.76. The number of ether oxygens (including phenoxy) is 2. The minimum atomic E-state index is -0.912. The van der Waals surface area contributed by atoms with Crippen molar-refractivity contribution in [2.45, 2.75) is 62.5 Å². The summed E-state index contributed by atoms with van der Waals surface area (Å²) in [6.45, 7) is 10.1. The number of amides is 4. The van der Waals surface area contributed by atoms with E-state index in [0.717, 1.165) is 33.3 Å². The molecule has 0 atom stereocenters. The standard InChI is InChI=1S/C26H24Cl2N2O6S2/c1-25(2,3)35-23(33)29-15-9-7-13(27)11-17(15)37-19(21(29)31)20-22(32)30(24(34)36-26(4,5)6)16-10-8-14(28)12-18(16)38-20/h7-12H,1-6H3. The second kappa shape index (κ2) is 10.1. The maximum atomic E-state index is 13.8. The molecule has 0 bridgehead atoms. The number of hydrogen-bond acceptors (Lipinski definition) is 8. The van der Waals surface area contributed by atoms with E-state index in [1.54, 1.807) is 65.8 Å². The van der Waals surface area contributed by atoms with E-state index in [-0.39, 0.29) is 21.2 Å². The number of benzene rings is 2. The average Bonchev–Trinajstić information content (AvgIpc) is 2.76. The van der Waals surface area contributed by atoms with Crippen LogP contribution in [0.4, 0.5) is 21.0 Å². The fourth-order valence-corrected chi connectivity index (χ4v) is 6.28. The number of rotatable bonds is 0. The Labute approximate surface area is 238 Å². The topological polar surface area (TPSA) is 93.2 Å². The fraction of sp³-hybridized carbons (Fsp3) is 0.308. The lowest BCUT2D eigenvalue weighted by Crippen LogP contribution is -2.46. The number of carbonyl (C=O) groups is 4. The lowest BCUT2D eigenvalue weighted by molar-refractivity contribution is -0.116. The molecule has 2 aromatic rings. The smallest absolute Gasteiger partial charge is 0.422 e. The summed E-state index contributed by atoms with van der Waals surface area (Å²) < 4.78 is 11.0. The van der Waals surface area contributed by atoms with Gasteiger partial charge in [-0.3, -0.25) is 9.59 Å². The first-order valence-electron chi connectivity index (χ1n) is 11.4. The maximum Gasteiger partial charge on any atom is 0.422 e. The molecule has 4 amide bonds. The number of imide groups is 2. The Balaban J connectivity index is 1.89. The van der Waals surface area contributed by atoms with Crippen molar-refractivity contribution in [2.75, 3.05) is 9.80 Å². The molecule has 0 radical (unpaired) electrons. The fourth-order valence-electron chi connectivity index (χ4n) is 3.50. The molecule has 0 fully saturated rings. The molecule has 2 aromatic carbocycles. The molecule has 0 N–H and O–H groups in total. The van der Waals surface area contributed by atoms with Crippen LogP contribution in [-0.4, -0.2) is 35.2 Å². The Morgan fingerprint density at radius 1 is 0.684 bits per heavy atom. The highest BCUT2D eigenvalue weighted by Crippen LogP contribution is 2.51. The summed E-state index contributed by atoms with van der Waals surface area (Å²) in [6.07, 6.45) is -1.82. The van der Waals surface area contributed by atoms with Gasteiger partial charge in [-0.25, -0.2) is 19.4 Å². The molecule has 2 heterocycles. The molecule has 12 heteroatoms. The summed E-state index contributed by atoms with van der Waals surface area (Å²) in [4.78, 5) is 56.5.